The van der Waals surface area contributed by atoms with E-state index in [9.17, 15) is 9.59 Å². The summed E-state index contributed by atoms with van der Waals surface area (Å²) >= 11 is 12.0. The van der Waals surface area contributed by atoms with Crippen molar-refractivity contribution in [3.8, 4) is 11.5 Å². The standard InChI is InChI=1S/C20H14Cl2O5/c21-12-4-3-11(15(22)9-12)8-18-19(23)14-6-5-13(10-17(14)27-18)26-20(24)16-2-1-7-25-16/h3-6,8-10,16H,1-2,7H2/b18-8-. The van der Waals surface area contributed by atoms with Crippen molar-refractivity contribution in [1.29, 1.82) is 0 Å². The Morgan fingerprint density at radius 3 is 2.78 bits per heavy atom. The number of ether oxygens (including phenoxy) is 3. The van der Waals surface area contributed by atoms with Gasteiger partial charge in [-0.1, -0.05) is 29.3 Å². The van der Waals surface area contributed by atoms with Crippen LogP contribution in [0.25, 0.3) is 6.08 Å². The number of hydrogen-bond acceptors (Lipinski definition) is 5. The zero-order chi connectivity index (χ0) is 19.0. The number of hydrogen-bond donors (Lipinski definition) is 0. The van der Waals surface area contributed by atoms with Gasteiger partial charge in [0.1, 0.15) is 11.5 Å². The lowest BCUT2D eigenvalue weighted by Gasteiger charge is -2.09. The summed E-state index contributed by atoms with van der Waals surface area (Å²) in [6.45, 7) is 0.559. The SMILES string of the molecule is O=C1/C(=C/c2ccc(Cl)cc2Cl)Oc2cc(OC(=O)C3CCCO3)ccc21. The average Bonchev–Trinajstić information content (AvgIpc) is 3.26. The van der Waals surface area contributed by atoms with E-state index in [1.54, 1.807) is 36.4 Å². The van der Waals surface area contributed by atoms with Crippen LogP contribution in [0, 0.1) is 0 Å². The molecule has 1 saturated heterocycles. The van der Waals surface area contributed by atoms with Crippen LogP contribution in [0.15, 0.2) is 42.2 Å². The number of carbonyl (C=O) groups excluding carboxylic acids is 2. The monoisotopic (exact) mass is 404 g/mol. The molecule has 2 aliphatic heterocycles. The molecule has 2 aliphatic rings. The fraction of sp³-hybridized carbons (Fsp3) is 0.200. The van der Waals surface area contributed by atoms with Gasteiger partial charge in [-0.25, -0.2) is 4.79 Å². The van der Waals surface area contributed by atoms with Crippen LogP contribution in [0.3, 0.4) is 0 Å². The molecule has 0 saturated carbocycles. The maximum atomic E-state index is 12.5. The second-order valence-corrected chi connectivity index (χ2v) is 7.03. The molecule has 2 aromatic rings. The lowest BCUT2D eigenvalue weighted by molar-refractivity contribution is -0.144. The van der Waals surface area contributed by atoms with Crippen LogP contribution < -0.4 is 9.47 Å². The van der Waals surface area contributed by atoms with Crippen molar-refractivity contribution >= 4 is 41.0 Å². The number of carbonyl (C=O) groups is 2. The van der Waals surface area contributed by atoms with Crippen LogP contribution in [-0.2, 0) is 9.53 Å². The van der Waals surface area contributed by atoms with Crippen LogP contribution >= 0.6 is 23.2 Å². The molecule has 1 unspecified atom stereocenters. The number of Topliss-reactive ketones (excluding diaryl/α,β-unsaturated/α-hetero) is 1. The number of rotatable bonds is 3. The zero-order valence-electron chi connectivity index (χ0n) is 14.0. The van der Waals surface area contributed by atoms with E-state index in [1.165, 1.54) is 6.07 Å². The van der Waals surface area contributed by atoms with E-state index >= 15 is 0 Å². The summed E-state index contributed by atoms with van der Waals surface area (Å²) in [5, 5.41) is 0.912. The highest BCUT2D eigenvalue weighted by molar-refractivity contribution is 6.35. The van der Waals surface area contributed by atoms with Gasteiger partial charge in [-0.2, -0.15) is 0 Å². The summed E-state index contributed by atoms with van der Waals surface area (Å²) in [6, 6.07) is 9.61. The van der Waals surface area contributed by atoms with Gasteiger partial charge in [-0.3, -0.25) is 4.79 Å². The van der Waals surface area contributed by atoms with Gasteiger partial charge >= 0.3 is 5.97 Å². The third kappa shape index (κ3) is 3.72. The van der Waals surface area contributed by atoms with Crippen molar-refractivity contribution in [2.45, 2.75) is 18.9 Å². The van der Waals surface area contributed by atoms with E-state index in [0.29, 0.717) is 45.7 Å². The first-order valence-corrected chi connectivity index (χ1v) is 9.13. The molecule has 0 spiro atoms. The molecule has 0 amide bonds. The van der Waals surface area contributed by atoms with Gasteiger partial charge in [0.05, 0.1) is 5.56 Å². The fourth-order valence-corrected chi connectivity index (χ4v) is 3.40. The van der Waals surface area contributed by atoms with Crippen molar-refractivity contribution < 1.29 is 23.8 Å². The third-order valence-corrected chi connectivity index (χ3v) is 4.86. The molecule has 5 nitrogen and oxygen atoms in total. The van der Waals surface area contributed by atoms with Gasteiger partial charge < -0.3 is 14.2 Å². The normalized spacial score (nSPS) is 19.9. The number of esters is 1. The van der Waals surface area contributed by atoms with E-state index in [4.69, 9.17) is 37.4 Å². The molecule has 27 heavy (non-hydrogen) atoms. The predicted octanol–water partition coefficient (Wildman–Crippen LogP) is 4.69. The molecule has 0 aromatic heterocycles. The van der Waals surface area contributed by atoms with Gasteiger partial charge in [0.2, 0.25) is 5.78 Å². The Kier molecular flexibility index (Phi) is 4.91. The molecule has 2 aromatic carbocycles. The first kappa shape index (κ1) is 18.0. The first-order valence-electron chi connectivity index (χ1n) is 8.38. The van der Waals surface area contributed by atoms with Gasteiger partial charge in [-0.15, -0.1) is 0 Å². The van der Waals surface area contributed by atoms with E-state index in [0.717, 1.165) is 6.42 Å². The lowest BCUT2D eigenvalue weighted by Crippen LogP contribution is -2.24. The van der Waals surface area contributed by atoms with Crippen LogP contribution in [0.2, 0.25) is 10.0 Å². The summed E-state index contributed by atoms with van der Waals surface area (Å²) in [5.74, 6) is 0.0483. The summed E-state index contributed by atoms with van der Waals surface area (Å²) in [6.07, 6.45) is 2.50. The van der Waals surface area contributed by atoms with E-state index in [2.05, 4.69) is 0 Å². The van der Waals surface area contributed by atoms with Gasteiger partial charge in [0.25, 0.3) is 0 Å². The number of fused-ring (bicyclic) bond motifs is 1. The molecular weight excluding hydrogens is 391 g/mol. The summed E-state index contributed by atoms with van der Waals surface area (Å²) < 4.78 is 16.3. The lowest BCUT2D eigenvalue weighted by atomic mass is 10.1. The van der Waals surface area contributed by atoms with Crippen LogP contribution in [0.4, 0.5) is 0 Å². The smallest absolute Gasteiger partial charge is 0.340 e. The maximum Gasteiger partial charge on any atom is 0.340 e. The van der Waals surface area contributed by atoms with Crippen molar-refractivity contribution in [1.82, 2.24) is 0 Å². The largest absolute Gasteiger partial charge is 0.452 e. The van der Waals surface area contributed by atoms with E-state index in [-0.39, 0.29) is 11.5 Å². The Morgan fingerprint density at radius 1 is 1.19 bits per heavy atom. The predicted molar refractivity (Wildman–Crippen MR) is 100 cm³/mol. The van der Waals surface area contributed by atoms with E-state index in [1.807, 2.05) is 0 Å². The van der Waals surface area contributed by atoms with Gasteiger partial charge in [0.15, 0.2) is 11.9 Å². The maximum absolute atomic E-state index is 12.5. The zero-order valence-corrected chi connectivity index (χ0v) is 15.5. The molecule has 1 atom stereocenters. The van der Waals surface area contributed by atoms with Crippen LogP contribution in [-0.4, -0.2) is 24.5 Å². The molecule has 2 heterocycles. The second kappa shape index (κ2) is 7.35. The van der Waals surface area contributed by atoms with Crippen molar-refractivity contribution in [2.24, 2.45) is 0 Å². The van der Waals surface area contributed by atoms with E-state index < -0.39 is 12.1 Å². The third-order valence-electron chi connectivity index (χ3n) is 4.30. The number of benzene rings is 2. The van der Waals surface area contributed by atoms with Crippen molar-refractivity contribution in [3.05, 3.63) is 63.3 Å². The highest BCUT2D eigenvalue weighted by Crippen LogP contribution is 2.36. The number of allylic oxidation sites excluding steroid dienone is 1. The Hall–Kier alpha value is -2.34. The highest BCUT2D eigenvalue weighted by atomic mass is 35.5. The molecule has 4 rings (SSSR count). The molecule has 0 N–H and O–H groups in total. The molecule has 1 fully saturated rings. The summed E-state index contributed by atoms with van der Waals surface area (Å²) in [4.78, 5) is 24.6. The molecule has 7 heteroatoms. The topological polar surface area (TPSA) is 61.8 Å². The Morgan fingerprint density at radius 2 is 2.04 bits per heavy atom. The van der Waals surface area contributed by atoms with Crippen molar-refractivity contribution in [2.75, 3.05) is 6.61 Å². The summed E-state index contributed by atoms with van der Waals surface area (Å²) in [7, 11) is 0. The minimum absolute atomic E-state index is 0.136. The minimum atomic E-state index is -0.539. The summed E-state index contributed by atoms with van der Waals surface area (Å²) in [5.41, 5.74) is 1.01. The highest BCUT2D eigenvalue weighted by Gasteiger charge is 2.30. The quantitative estimate of drug-likeness (QED) is 0.421. The molecule has 138 valence electrons. The number of halogens is 2. The second-order valence-electron chi connectivity index (χ2n) is 6.19. The fourth-order valence-electron chi connectivity index (χ4n) is 2.94. The van der Waals surface area contributed by atoms with Gasteiger partial charge in [0, 0.05) is 22.7 Å². The Bertz CT molecular complexity index is 961. The molecule has 0 aliphatic carbocycles. The van der Waals surface area contributed by atoms with Gasteiger partial charge in [-0.05, 0) is 48.7 Å². The Balaban J connectivity index is 1.55. The molecule has 0 bridgehead atoms. The number of ketones is 1. The Labute approximate surface area is 165 Å². The molecule has 0 radical (unpaired) electrons. The average molecular weight is 405 g/mol. The van der Waals surface area contributed by atoms with Crippen LogP contribution in [0.5, 0.6) is 11.5 Å². The van der Waals surface area contributed by atoms with Crippen LogP contribution in [0.1, 0.15) is 28.8 Å². The molecular formula is C20H14Cl2O5. The first-order chi connectivity index (χ1) is 13.0. The van der Waals surface area contributed by atoms with Crippen molar-refractivity contribution in [3.63, 3.8) is 0 Å². The minimum Gasteiger partial charge on any atom is -0.452 e.